The molecular weight excluding hydrogens is 250 g/mol. The highest BCUT2D eigenvalue weighted by Crippen LogP contribution is 2.24. The van der Waals surface area contributed by atoms with E-state index in [0.717, 1.165) is 12.1 Å². The van der Waals surface area contributed by atoms with Crippen LogP contribution in [-0.2, 0) is 4.79 Å². The summed E-state index contributed by atoms with van der Waals surface area (Å²) in [6, 6.07) is 2.36. The van der Waals surface area contributed by atoms with Gasteiger partial charge in [0.2, 0.25) is 0 Å². The zero-order valence-corrected chi connectivity index (χ0v) is 11.0. The van der Waals surface area contributed by atoms with E-state index in [2.05, 4.69) is 5.32 Å². The molecule has 6 nitrogen and oxygen atoms in total. The average Bonchev–Trinajstić information content (AvgIpc) is 2.26. The highest BCUT2D eigenvalue weighted by Gasteiger charge is 2.33. The molecule has 104 valence electrons. The SMILES string of the molecule is CC(C)(C)[C@H](NC(=O)c1cc(O)ccc1O)C(=O)O. The van der Waals surface area contributed by atoms with Gasteiger partial charge in [-0.2, -0.15) is 0 Å². The number of benzene rings is 1. The molecule has 0 spiro atoms. The number of phenols is 2. The van der Waals surface area contributed by atoms with E-state index in [4.69, 9.17) is 5.11 Å². The van der Waals surface area contributed by atoms with Crippen LogP contribution in [0.2, 0.25) is 0 Å². The topological polar surface area (TPSA) is 107 Å². The highest BCUT2D eigenvalue weighted by molar-refractivity contribution is 5.99. The maximum Gasteiger partial charge on any atom is 0.326 e. The molecule has 1 atom stereocenters. The predicted molar refractivity (Wildman–Crippen MR) is 68.1 cm³/mol. The Morgan fingerprint density at radius 1 is 1.21 bits per heavy atom. The Labute approximate surface area is 110 Å². The first-order valence-corrected chi connectivity index (χ1v) is 5.68. The summed E-state index contributed by atoms with van der Waals surface area (Å²) in [6.45, 7) is 5.02. The minimum absolute atomic E-state index is 0.171. The van der Waals surface area contributed by atoms with Gasteiger partial charge < -0.3 is 20.6 Å². The minimum Gasteiger partial charge on any atom is -0.508 e. The Morgan fingerprint density at radius 2 is 1.79 bits per heavy atom. The molecule has 0 aliphatic heterocycles. The maximum absolute atomic E-state index is 11.9. The molecular formula is C13H17NO5. The molecule has 0 unspecified atom stereocenters. The number of nitrogens with one attached hydrogen (secondary N) is 1. The van der Waals surface area contributed by atoms with Gasteiger partial charge in [0, 0.05) is 0 Å². The molecule has 1 rings (SSSR count). The summed E-state index contributed by atoms with van der Waals surface area (Å²) in [5.41, 5.74) is -0.857. The van der Waals surface area contributed by atoms with Crippen molar-refractivity contribution in [2.45, 2.75) is 26.8 Å². The number of carboxylic acids is 1. The fraction of sp³-hybridized carbons (Fsp3) is 0.385. The quantitative estimate of drug-likeness (QED) is 0.618. The van der Waals surface area contributed by atoms with Gasteiger partial charge in [-0.05, 0) is 23.6 Å². The van der Waals surface area contributed by atoms with Gasteiger partial charge in [-0.3, -0.25) is 4.79 Å². The molecule has 1 aromatic carbocycles. The van der Waals surface area contributed by atoms with Crippen LogP contribution in [-0.4, -0.2) is 33.2 Å². The highest BCUT2D eigenvalue weighted by atomic mass is 16.4. The molecule has 0 aliphatic carbocycles. The third-order valence-corrected chi connectivity index (χ3v) is 2.61. The van der Waals surface area contributed by atoms with Crippen molar-refractivity contribution < 1.29 is 24.9 Å². The summed E-state index contributed by atoms with van der Waals surface area (Å²) in [7, 11) is 0. The number of amides is 1. The number of carbonyl (C=O) groups is 2. The molecule has 6 heteroatoms. The van der Waals surface area contributed by atoms with Crippen LogP contribution in [0.3, 0.4) is 0 Å². The van der Waals surface area contributed by atoms with E-state index in [9.17, 15) is 19.8 Å². The van der Waals surface area contributed by atoms with Crippen LogP contribution >= 0.6 is 0 Å². The number of carboxylic acid groups (broad SMARTS) is 1. The van der Waals surface area contributed by atoms with Gasteiger partial charge in [-0.15, -0.1) is 0 Å². The van der Waals surface area contributed by atoms with Gasteiger partial charge in [0.05, 0.1) is 5.56 Å². The maximum atomic E-state index is 11.9. The number of phenolic OH excluding ortho intramolecular Hbond substituents is 2. The lowest BCUT2D eigenvalue weighted by Gasteiger charge is -2.27. The Balaban J connectivity index is 3.01. The van der Waals surface area contributed by atoms with Crippen LogP contribution in [0.15, 0.2) is 18.2 Å². The lowest BCUT2D eigenvalue weighted by molar-refractivity contribution is -0.142. The summed E-state index contributed by atoms with van der Waals surface area (Å²) in [5.74, 6) is -2.44. The van der Waals surface area contributed by atoms with Gasteiger partial charge >= 0.3 is 5.97 Å². The van der Waals surface area contributed by atoms with Crippen molar-refractivity contribution in [3.8, 4) is 11.5 Å². The number of hydrogen-bond acceptors (Lipinski definition) is 4. The average molecular weight is 267 g/mol. The van der Waals surface area contributed by atoms with E-state index in [1.54, 1.807) is 20.8 Å². The van der Waals surface area contributed by atoms with E-state index in [0.29, 0.717) is 0 Å². The first kappa shape index (κ1) is 14.8. The lowest BCUT2D eigenvalue weighted by Crippen LogP contribution is -2.49. The van der Waals surface area contributed by atoms with Crippen molar-refractivity contribution in [2.75, 3.05) is 0 Å². The monoisotopic (exact) mass is 267 g/mol. The van der Waals surface area contributed by atoms with Crippen molar-refractivity contribution >= 4 is 11.9 Å². The largest absolute Gasteiger partial charge is 0.508 e. The Hall–Kier alpha value is -2.24. The summed E-state index contributed by atoms with van der Waals surface area (Å²) in [6.07, 6.45) is 0. The molecule has 19 heavy (non-hydrogen) atoms. The molecule has 0 bridgehead atoms. The molecule has 0 aliphatic rings. The first-order valence-electron chi connectivity index (χ1n) is 5.68. The minimum atomic E-state index is -1.17. The van der Waals surface area contributed by atoms with Crippen molar-refractivity contribution in [1.82, 2.24) is 5.32 Å². The third-order valence-electron chi connectivity index (χ3n) is 2.61. The molecule has 0 aromatic heterocycles. The smallest absolute Gasteiger partial charge is 0.326 e. The fourth-order valence-electron chi connectivity index (χ4n) is 1.56. The van der Waals surface area contributed by atoms with E-state index < -0.39 is 23.3 Å². The summed E-state index contributed by atoms with van der Waals surface area (Å²) in [5, 5.41) is 30.3. The van der Waals surface area contributed by atoms with Gasteiger partial charge in [-0.1, -0.05) is 20.8 Å². The number of aliphatic carboxylic acids is 1. The van der Waals surface area contributed by atoms with E-state index >= 15 is 0 Å². The summed E-state index contributed by atoms with van der Waals surface area (Å²) in [4.78, 5) is 23.1. The summed E-state index contributed by atoms with van der Waals surface area (Å²) < 4.78 is 0. The number of rotatable bonds is 3. The van der Waals surface area contributed by atoms with E-state index in [1.165, 1.54) is 6.07 Å². The Morgan fingerprint density at radius 3 is 2.26 bits per heavy atom. The fourth-order valence-corrected chi connectivity index (χ4v) is 1.56. The number of carbonyl (C=O) groups excluding carboxylic acids is 1. The second-order valence-electron chi connectivity index (χ2n) is 5.31. The van der Waals surface area contributed by atoms with Crippen LogP contribution in [0.5, 0.6) is 11.5 Å². The second-order valence-corrected chi connectivity index (χ2v) is 5.31. The standard InChI is InChI=1S/C13H17NO5/c1-13(2,3)10(12(18)19)14-11(17)8-6-7(15)4-5-9(8)16/h4-6,10,15-16H,1-3H3,(H,14,17)(H,18,19)/t10-/m1/s1. The van der Waals surface area contributed by atoms with Crippen LogP contribution in [0.25, 0.3) is 0 Å². The molecule has 0 saturated heterocycles. The van der Waals surface area contributed by atoms with Crippen molar-refractivity contribution in [3.63, 3.8) is 0 Å². The molecule has 1 aromatic rings. The molecule has 0 heterocycles. The Kier molecular flexibility index (Phi) is 4.04. The number of aromatic hydroxyl groups is 2. The zero-order chi connectivity index (χ0) is 14.8. The van der Waals surface area contributed by atoms with Crippen LogP contribution in [0.1, 0.15) is 31.1 Å². The lowest BCUT2D eigenvalue weighted by atomic mass is 9.86. The van der Waals surface area contributed by atoms with Gasteiger partial charge in [-0.25, -0.2) is 4.79 Å². The van der Waals surface area contributed by atoms with Crippen molar-refractivity contribution in [1.29, 1.82) is 0 Å². The first-order chi connectivity index (χ1) is 8.62. The molecule has 4 N–H and O–H groups in total. The normalized spacial score (nSPS) is 12.8. The van der Waals surface area contributed by atoms with Gasteiger partial charge in [0.1, 0.15) is 17.5 Å². The van der Waals surface area contributed by atoms with Crippen LogP contribution in [0.4, 0.5) is 0 Å². The van der Waals surface area contributed by atoms with Gasteiger partial charge in [0.15, 0.2) is 0 Å². The van der Waals surface area contributed by atoms with Crippen molar-refractivity contribution in [2.24, 2.45) is 5.41 Å². The Bertz CT molecular complexity index is 504. The molecule has 0 fully saturated rings. The molecule has 1 amide bonds. The van der Waals surface area contributed by atoms with Crippen molar-refractivity contribution in [3.05, 3.63) is 23.8 Å². The van der Waals surface area contributed by atoms with E-state index in [-0.39, 0.29) is 17.1 Å². The van der Waals surface area contributed by atoms with E-state index in [1.807, 2.05) is 0 Å². The number of hydrogen-bond donors (Lipinski definition) is 4. The van der Waals surface area contributed by atoms with Crippen LogP contribution in [0, 0.1) is 5.41 Å². The predicted octanol–water partition coefficient (Wildman–Crippen LogP) is 1.33. The molecule has 0 saturated carbocycles. The second kappa shape index (κ2) is 5.17. The summed E-state index contributed by atoms with van der Waals surface area (Å²) >= 11 is 0. The zero-order valence-electron chi connectivity index (χ0n) is 11.0. The van der Waals surface area contributed by atoms with Crippen LogP contribution < -0.4 is 5.32 Å². The third kappa shape index (κ3) is 3.61. The van der Waals surface area contributed by atoms with Gasteiger partial charge in [0.25, 0.3) is 5.91 Å². The molecule has 0 radical (unpaired) electrons.